The van der Waals surface area contributed by atoms with Gasteiger partial charge in [-0.3, -0.25) is 9.69 Å². The van der Waals surface area contributed by atoms with Crippen LogP contribution in [0.3, 0.4) is 0 Å². The number of alkyl halides is 3. The summed E-state index contributed by atoms with van der Waals surface area (Å²) >= 11 is 0. The maximum atomic E-state index is 13.1. The molecule has 1 amide bonds. The van der Waals surface area contributed by atoms with Crippen molar-refractivity contribution < 1.29 is 23.1 Å². The fraction of sp³-hybridized carbons (Fsp3) is 0.533. The van der Waals surface area contributed by atoms with Crippen molar-refractivity contribution >= 4 is 5.91 Å². The Morgan fingerprint density at radius 3 is 2.73 bits per heavy atom. The minimum atomic E-state index is -4.43. The first kappa shape index (κ1) is 16.8. The van der Waals surface area contributed by atoms with Crippen LogP contribution in [-0.4, -0.2) is 42.2 Å². The first-order valence-electron chi connectivity index (χ1n) is 7.11. The van der Waals surface area contributed by atoms with Crippen molar-refractivity contribution in [1.29, 1.82) is 0 Å². The summed E-state index contributed by atoms with van der Waals surface area (Å²) < 4.78 is 39.4. The second-order valence-corrected chi connectivity index (χ2v) is 5.41. The number of benzene rings is 1. The lowest BCUT2D eigenvalue weighted by atomic mass is 9.97. The van der Waals surface area contributed by atoms with Crippen LogP contribution in [0.5, 0.6) is 0 Å². The monoisotopic (exact) mass is 316 g/mol. The van der Waals surface area contributed by atoms with Gasteiger partial charge in [0, 0.05) is 32.6 Å². The van der Waals surface area contributed by atoms with Crippen molar-refractivity contribution in [3.63, 3.8) is 0 Å². The quantitative estimate of drug-likeness (QED) is 0.893. The van der Waals surface area contributed by atoms with Gasteiger partial charge in [0.1, 0.15) is 0 Å². The normalized spacial score (nSPS) is 22.8. The fourth-order valence-corrected chi connectivity index (χ4v) is 2.87. The summed E-state index contributed by atoms with van der Waals surface area (Å²) in [6, 6.07) is 4.88. The van der Waals surface area contributed by atoms with Crippen LogP contribution >= 0.6 is 0 Å². The van der Waals surface area contributed by atoms with Crippen molar-refractivity contribution in [3.8, 4) is 0 Å². The Labute approximate surface area is 126 Å². The van der Waals surface area contributed by atoms with E-state index in [4.69, 9.17) is 0 Å². The predicted molar refractivity (Wildman–Crippen MR) is 75.1 cm³/mol. The number of hydrogen-bond donors (Lipinski definition) is 2. The van der Waals surface area contributed by atoms with E-state index in [0.29, 0.717) is 6.54 Å². The van der Waals surface area contributed by atoms with Gasteiger partial charge in [-0.2, -0.15) is 13.2 Å². The van der Waals surface area contributed by atoms with Crippen molar-refractivity contribution in [2.75, 3.05) is 20.1 Å². The molecule has 0 radical (unpaired) electrons. The van der Waals surface area contributed by atoms with Crippen molar-refractivity contribution in [2.24, 2.45) is 0 Å². The van der Waals surface area contributed by atoms with Gasteiger partial charge in [-0.25, -0.2) is 0 Å². The van der Waals surface area contributed by atoms with E-state index >= 15 is 0 Å². The van der Waals surface area contributed by atoms with Gasteiger partial charge in [0.15, 0.2) is 0 Å². The molecule has 0 spiro atoms. The van der Waals surface area contributed by atoms with Gasteiger partial charge in [0.05, 0.1) is 11.7 Å². The third-order valence-corrected chi connectivity index (χ3v) is 3.91. The smallest absolute Gasteiger partial charge is 0.392 e. The highest BCUT2D eigenvalue weighted by Crippen LogP contribution is 2.40. The van der Waals surface area contributed by atoms with E-state index in [1.54, 1.807) is 11.0 Å². The summed E-state index contributed by atoms with van der Waals surface area (Å²) in [7, 11) is 1.51. The molecule has 7 heteroatoms. The number of nitrogens with one attached hydrogen (secondary N) is 1. The number of nitrogens with zero attached hydrogens (tertiary/aromatic N) is 1. The summed E-state index contributed by atoms with van der Waals surface area (Å²) in [5.41, 5.74) is -0.525. The average Bonchev–Trinajstić information content (AvgIpc) is 2.84. The molecule has 22 heavy (non-hydrogen) atoms. The highest BCUT2D eigenvalue weighted by Gasteiger charge is 2.39. The van der Waals surface area contributed by atoms with Gasteiger partial charge < -0.3 is 10.4 Å². The third-order valence-electron chi connectivity index (χ3n) is 3.91. The molecule has 0 aliphatic carbocycles. The summed E-state index contributed by atoms with van der Waals surface area (Å²) in [5, 5.41) is 12.3. The van der Waals surface area contributed by atoms with E-state index in [0.717, 1.165) is 6.07 Å². The minimum Gasteiger partial charge on any atom is -0.392 e. The zero-order valence-corrected chi connectivity index (χ0v) is 12.2. The zero-order valence-electron chi connectivity index (χ0n) is 12.2. The van der Waals surface area contributed by atoms with E-state index in [1.807, 2.05) is 0 Å². The second-order valence-electron chi connectivity index (χ2n) is 5.41. The Kier molecular flexibility index (Phi) is 5.08. The number of halogens is 3. The number of carbonyl (C=O) groups excluding carboxylic acids is 1. The lowest BCUT2D eigenvalue weighted by molar-refractivity contribution is -0.138. The zero-order chi connectivity index (χ0) is 16.3. The molecule has 1 aromatic rings. The molecule has 2 N–H and O–H groups in total. The van der Waals surface area contributed by atoms with Gasteiger partial charge in [0.2, 0.25) is 5.91 Å². The first-order chi connectivity index (χ1) is 10.3. The molecule has 1 saturated heterocycles. The number of likely N-dealkylation sites (tertiary alicyclic amines) is 1. The molecular formula is C15H19F3N2O2. The molecule has 1 aliphatic rings. The van der Waals surface area contributed by atoms with Crippen LogP contribution in [0.15, 0.2) is 24.3 Å². The van der Waals surface area contributed by atoms with Crippen LogP contribution in [-0.2, 0) is 11.0 Å². The highest BCUT2D eigenvalue weighted by molar-refractivity contribution is 5.75. The molecule has 122 valence electrons. The number of hydrogen-bond acceptors (Lipinski definition) is 3. The SMILES string of the molecule is CNC(=O)CCN1C[C@@H](O)C[C@H]1c1ccccc1C(F)(F)F. The molecule has 1 aliphatic heterocycles. The third kappa shape index (κ3) is 3.78. The van der Waals surface area contributed by atoms with Crippen molar-refractivity contribution in [2.45, 2.75) is 31.2 Å². The number of β-amino-alcohol motifs (C(OH)–C–C–N with tert-alkyl or cyclic N) is 1. The Morgan fingerprint density at radius 1 is 1.41 bits per heavy atom. The number of amides is 1. The Hall–Kier alpha value is -1.60. The van der Waals surface area contributed by atoms with E-state index in [1.165, 1.54) is 19.2 Å². The Balaban J connectivity index is 2.24. The predicted octanol–water partition coefficient (Wildman–Crippen LogP) is 1.95. The van der Waals surface area contributed by atoms with E-state index in [-0.39, 0.29) is 30.9 Å². The second kappa shape index (κ2) is 6.66. The van der Waals surface area contributed by atoms with Crippen LogP contribution in [0.4, 0.5) is 13.2 Å². The van der Waals surface area contributed by atoms with Gasteiger partial charge in [-0.1, -0.05) is 18.2 Å². The molecule has 4 nitrogen and oxygen atoms in total. The lowest BCUT2D eigenvalue weighted by Gasteiger charge is -2.26. The van der Waals surface area contributed by atoms with E-state index in [9.17, 15) is 23.1 Å². The maximum Gasteiger partial charge on any atom is 0.416 e. The molecular weight excluding hydrogens is 297 g/mol. The lowest BCUT2D eigenvalue weighted by Crippen LogP contribution is -2.31. The van der Waals surface area contributed by atoms with Crippen LogP contribution < -0.4 is 5.32 Å². The molecule has 1 fully saturated rings. The Morgan fingerprint density at radius 2 is 2.09 bits per heavy atom. The van der Waals surface area contributed by atoms with Gasteiger partial charge in [-0.15, -0.1) is 0 Å². The first-order valence-corrected chi connectivity index (χ1v) is 7.11. The van der Waals surface area contributed by atoms with Crippen LogP contribution in [0.2, 0.25) is 0 Å². The molecule has 0 bridgehead atoms. The standard InChI is InChI=1S/C15H19F3N2O2/c1-19-14(22)6-7-20-9-10(21)8-13(20)11-4-2-3-5-12(11)15(16,17)18/h2-5,10,13,21H,6-9H2,1H3,(H,19,22)/t10-,13-/m0/s1. The summed E-state index contributed by atoms with van der Waals surface area (Å²) in [4.78, 5) is 13.1. The topological polar surface area (TPSA) is 52.6 Å². The average molecular weight is 316 g/mol. The summed E-state index contributed by atoms with van der Waals surface area (Å²) in [5.74, 6) is -0.177. The van der Waals surface area contributed by atoms with Crippen LogP contribution in [0.25, 0.3) is 0 Å². The molecule has 2 rings (SSSR count). The summed E-state index contributed by atoms with van der Waals surface area (Å²) in [6.07, 6.45) is -4.69. The molecule has 0 unspecified atom stereocenters. The van der Waals surface area contributed by atoms with Gasteiger partial charge in [0.25, 0.3) is 0 Å². The number of rotatable bonds is 4. The largest absolute Gasteiger partial charge is 0.416 e. The van der Waals surface area contributed by atoms with E-state index < -0.39 is 23.9 Å². The van der Waals surface area contributed by atoms with Crippen LogP contribution in [0.1, 0.15) is 30.0 Å². The molecule has 0 aromatic heterocycles. The van der Waals surface area contributed by atoms with Crippen LogP contribution in [0, 0.1) is 0 Å². The number of aliphatic hydroxyl groups excluding tert-OH is 1. The van der Waals surface area contributed by atoms with Gasteiger partial charge >= 0.3 is 6.18 Å². The Bertz CT molecular complexity index is 534. The highest BCUT2D eigenvalue weighted by atomic mass is 19.4. The number of carbonyl (C=O) groups is 1. The minimum absolute atomic E-state index is 0.156. The maximum absolute atomic E-state index is 13.1. The van der Waals surface area contributed by atoms with Crippen molar-refractivity contribution in [3.05, 3.63) is 35.4 Å². The van der Waals surface area contributed by atoms with Crippen molar-refractivity contribution in [1.82, 2.24) is 10.2 Å². The fourth-order valence-electron chi connectivity index (χ4n) is 2.87. The molecule has 1 heterocycles. The summed E-state index contributed by atoms with van der Waals surface area (Å²) in [6.45, 7) is 0.585. The van der Waals surface area contributed by atoms with E-state index in [2.05, 4.69) is 5.32 Å². The number of aliphatic hydroxyl groups is 1. The molecule has 0 saturated carbocycles. The molecule has 1 aromatic carbocycles. The van der Waals surface area contributed by atoms with Gasteiger partial charge in [-0.05, 0) is 18.1 Å². The molecule has 2 atom stereocenters.